The van der Waals surface area contributed by atoms with Crippen LogP contribution in [0.4, 0.5) is 0 Å². The zero-order valence-corrected chi connectivity index (χ0v) is 15.1. The number of carboxylic acids is 1. The number of hydrogen-bond donors (Lipinski definition) is 2. The van der Waals surface area contributed by atoms with E-state index in [1.54, 1.807) is 6.07 Å². The third-order valence-electron chi connectivity index (χ3n) is 4.13. The molecule has 1 atom stereocenters. The minimum absolute atomic E-state index is 0.115. The van der Waals surface area contributed by atoms with E-state index in [0.29, 0.717) is 12.1 Å². The second-order valence-corrected chi connectivity index (χ2v) is 6.05. The molecule has 2 aromatic rings. The van der Waals surface area contributed by atoms with Gasteiger partial charge in [0, 0.05) is 17.9 Å². The van der Waals surface area contributed by atoms with Crippen LogP contribution < -0.4 is 5.32 Å². The van der Waals surface area contributed by atoms with Gasteiger partial charge in [0.1, 0.15) is 0 Å². The van der Waals surface area contributed by atoms with Crippen LogP contribution in [0.2, 0.25) is 0 Å². The Morgan fingerprint density at radius 3 is 2.62 bits per heavy atom. The van der Waals surface area contributed by atoms with Crippen LogP contribution in [-0.2, 0) is 16.1 Å². The maximum atomic E-state index is 12.6. The maximum absolute atomic E-state index is 12.6. The summed E-state index contributed by atoms with van der Waals surface area (Å²) in [4.78, 5) is 23.9. The molecular weight excluding hydrogens is 332 g/mol. The zero-order valence-electron chi connectivity index (χ0n) is 15.1. The Morgan fingerprint density at radius 1 is 1.31 bits per heavy atom. The second kappa shape index (κ2) is 9.01. The number of ether oxygens (including phenoxy) is 1. The Labute approximate surface area is 153 Å². The molecule has 6 heteroatoms. The highest BCUT2D eigenvalue weighted by atomic mass is 16.5. The molecule has 0 saturated carbocycles. The Morgan fingerprint density at radius 2 is 2.00 bits per heavy atom. The molecule has 1 aromatic carbocycles. The van der Waals surface area contributed by atoms with Crippen LogP contribution in [0.15, 0.2) is 49.1 Å². The molecule has 0 aliphatic heterocycles. The monoisotopic (exact) mass is 356 g/mol. The predicted octanol–water partition coefficient (Wildman–Crippen LogP) is 2.54. The van der Waals surface area contributed by atoms with Gasteiger partial charge in [0.05, 0.1) is 18.8 Å². The lowest BCUT2D eigenvalue weighted by atomic mass is 10.2. The number of benzene rings is 1. The van der Waals surface area contributed by atoms with E-state index in [4.69, 9.17) is 4.74 Å². The van der Waals surface area contributed by atoms with Crippen LogP contribution in [0.1, 0.15) is 27.3 Å². The molecule has 0 aliphatic rings. The number of carbonyl (C=O) groups is 2. The van der Waals surface area contributed by atoms with Crippen LogP contribution in [0.25, 0.3) is 0 Å². The quantitative estimate of drug-likeness (QED) is 0.534. The summed E-state index contributed by atoms with van der Waals surface area (Å²) in [6.07, 6.45) is 1.53. The van der Waals surface area contributed by atoms with Crippen LogP contribution in [0.5, 0.6) is 0 Å². The van der Waals surface area contributed by atoms with E-state index in [2.05, 4.69) is 11.9 Å². The SMILES string of the molecule is C=CCOCC(NC(=O)c1cc(C)n(Cc2ccccc2)c1C)C(=O)O. The predicted molar refractivity (Wildman–Crippen MR) is 99.4 cm³/mol. The van der Waals surface area contributed by atoms with Gasteiger partial charge in [-0.25, -0.2) is 4.79 Å². The fraction of sp³-hybridized carbons (Fsp3) is 0.300. The Bertz CT molecular complexity index is 781. The summed E-state index contributed by atoms with van der Waals surface area (Å²) in [6, 6.07) is 10.6. The standard InChI is InChI=1S/C20H24N2O4/c1-4-10-26-13-18(20(24)25)21-19(23)17-11-14(2)22(15(17)3)12-16-8-6-5-7-9-16/h4-9,11,18H,1,10,12-13H2,2-3H3,(H,21,23)(H,24,25). The summed E-state index contributed by atoms with van der Waals surface area (Å²) in [6.45, 7) is 8.05. The number of nitrogens with one attached hydrogen (secondary N) is 1. The van der Waals surface area contributed by atoms with Crippen molar-refractivity contribution in [2.45, 2.75) is 26.4 Å². The first-order valence-corrected chi connectivity index (χ1v) is 8.37. The van der Waals surface area contributed by atoms with E-state index in [1.165, 1.54) is 6.08 Å². The van der Waals surface area contributed by atoms with Crippen molar-refractivity contribution in [1.82, 2.24) is 9.88 Å². The minimum Gasteiger partial charge on any atom is -0.480 e. The van der Waals surface area contributed by atoms with Crippen LogP contribution in [-0.4, -0.2) is 40.8 Å². The summed E-state index contributed by atoms with van der Waals surface area (Å²) < 4.78 is 7.20. The highest BCUT2D eigenvalue weighted by molar-refractivity contribution is 5.97. The molecular formula is C20H24N2O4. The number of aliphatic carboxylic acids is 1. The van der Waals surface area contributed by atoms with Gasteiger partial charge in [-0.05, 0) is 25.5 Å². The van der Waals surface area contributed by atoms with Crippen molar-refractivity contribution >= 4 is 11.9 Å². The average Bonchev–Trinajstić information content (AvgIpc) is 2.90. The molecule has 138 valence electrons. The molecule has 1 aromatic heterocycles. The molecule has 1 heterocycles. The van der Waals surface area contributed by atoms with E-state index >= 15 is 0 Å². The maximum Gasteiger partial charge on any atom is 0.328 e. The molecule has 2 N–H and O–H groups in total. The Hall–Kier alpha value is -2.86. The Balaban J connectivity index is 2.14. The molecule has 0 bridgehead atoms. The first-order chi connectivity index (χ1) is 12.4. The van der Waals surface area contributed by atoms with Crippen molar-refractivity contribution in [1.29, 1.82) is 0 Å². The highest BCUT2D eigenvalue weighted by Crippen LogP contribution is 2.17. The smallest absolute Gasteiger partial charge is 0.328 e. The van der Waals surface area contributed by atoms with Gasteiger partial charge >= 0.3 is 5.97 Å². The van der Waals surface area contributed by atoms with Gasteiger partial charge in [-0.15, -0.1) is 6.58 Å². The average molecular weight is 356 g/mol. The summed E-state index contributed by atoms with van der Waals surface area (Å²) >= 11 is 0. The lowest BCUT2D eigenvalue weighted by molar-refractivity contribution is -0.140. The third kappa shape index (κ3) is 4.83. The lowest BCUT2D eigenvalue weighted by Gasteiger charge is -2.15. The molecule has 0 radical (unpaired) electrons. The fourth-order valence-corrected chi connectivity index (χ4v) is 2.72. The minimum atomic E-state index is -1.14. The summed E-state index contributed by atoms with van der Waals surface area (Å²) in [5.74, 6) is -1.56. The summed E-state index contributed by atoms with van der Waals surface area (Å²) in [7, 11) is 0. The molecule has 26 heavy (non-hydrogen) atoms. The number of rotatable bonds is 9. The van der Waals surface area contributed by atoms with Crippen LogP contribution in [0.3, 0.4) is 0 Å². The van der Waals surface area contributed by atoms with Crippen molar-refractivity contribution in [2.75, 3.05) is 13.2 Å². The van der Waals surface area contributed by atoms with Gasteiger partial charge < -0.3 is 19.7 Å². The molecule has 0 spiro atoms. The van der Waals surface area contributed by atoms with Gasteiger partial charge in [-0.1, -0.05) is 36.4 Å². The van der Waals surface area contributed by atoms with E-state index < -0.39 is 17.9 Å². The van der Waals surface area contributed by atoms with Gasteiger partial charge in [0.25, 0.3) is 5.91 Å². The molecule has 2 rings (SSSR count). The molecule has 0 saturated heterocycles. The molecule has 1 amide bonds. The van der Waals surface area contributed by atoms with Crippen molar-refractivity contribution in [3.63, 3.8) is 0 Å². The normalized spacial score (nSPS) is 11.8. The van der Waals surface area contributed by atoms with E-state index in [9.17, 15) is 14.7 Å². The molecule has 0 fully saturated rings. The molecule has 1 unspecified atom stereocenters. The number of aromatic nitrogens is 1. The van der Waals surface area contributed by atoms with Gasteiger partial charge in [0.2, 0.25) is 0 Å². The third-order valence-corrected chi connectivity index (χ3v) is 4.13. The lowest BCUT2D eigenvalue weighted by Crippen LogP contribution is -2.44. The first-order valence-electron chi connectivity index (χ1n) is 8.37. The summed E-state index contributed by atoms with van der Waals surface area (Å²) in [5.41, 5.74) is 3.32. The van der Waals surface area contributed by atoms with Crippen LogP contribution >= 0.6 is 0 Å². The number of carboxylic acid groups (broad SMARTS) is 1. The topological polar surface area (TPSA) is 80.6 Å². The second-order valence-electron chi connectivity index (χ2n) is 6.05. The van der Waals surface area contributed by atoms with Crippen molar-refractivity contribution < 1.29 is 19.4 Å². The highest BCUT2D eigenvalue weighted by Gasteiger charge is 2.23. The zero-order chi connectivity index (χ0) is 19.1. The summed E-state index contributed by atoms with van der Waals surface area (Å²) in [5, 5.41) is 11.8. The number of hydrogen-bond acceptors (Lipinski definition) is 3. The van der Waals surface area contributed by atoms with E-state index in [1.807, 2.05) is 48.7 Å². The van der Waals surface area contributed by atoms with Crippen molar-refractivity contribution in [3.05, 3.63) is 71.6 Å². The van der Waals surface area contributed by atoms with Gasteiger partial charge in [0.15, 0.2) is 6.04 Å². The molecule has 6 nitrogen and oxygen atoms in total. The number of amides is 1. The van der Waals surface area contributed by atoms with Gasteiger partial charge in [-0.3, -0.25) is 4.79 Å². The number of carbonyl (C=O) groups excluding carboxylic acids is 1. The first kappa shape index (κ1) is 19.5. The fourth-order valence-electron chi connectivity index (χ4n) is 2.72. The van der Waals surface area contributed by atoms with Gasteiger partial charge in [-0.2, -0.15) is 0 Å². The van der Waals surface area contributed by atoms with Crippen LogP contribution in [0, 0.1) is 13.8 Å². The Kier molecular flexibility index (Phi) is 6.74. The van der Waals surface area contributed by atoms with Crippen molar-refractivity contribution in [2.24, 2.45) is 0 Å². The van der Waals surface area contributed by atoms with E-state index in [0.717, 1.165) is 17.0 Å². The number of nitrogens with zero attached hydrogens (tertiary/aromatic N) is 1. The largest absolute Gasteiger partial charge is 0.480 e. The van der Waals surface area contributed by atoms with Crippen molar-refractivity contribution in [3.8, 4) is 0 Å². The number of aryl methyl sites for hydroxylation is 1. The van der Waals surface area contributed by atoms with E-state index in [-0.39, 0.29) is 13.2 Å². The molecule has 0 aliphatic carbocycles.